The van der Waals surface area contributed by atoms with Crippen LogP contribution in [0.1, 0.15) is 11.1 Å². The van der Waals surface area contributed by atoms with Crippen LogP contribution in [0.5, 0.6) is 0 Å². The number of rotatable bonds is 7. The lowest BCUT2D eigenvalue weighted by molar-refractivity contribution is -0.134. The summed E-state index contributed by atoms with van der Waals surface area (Å²) in [5.74, 6) is 0.235. The molecule has 1 aromatic carbocycles. The van der Waals surface area contributed by atoms with E-state index in [1.165, 1.54) is 11.1 Å². The molecule has 0 unspecified atom stereocenters. The van der Waals surface area contributed by atoms with E-state index in [4.69, 9.17) is 4.74 Å². The van der Waals surface area contributed by atoms with Gasteiger partial charge in [0.25, 0.3) is 0 Å². The summed E-state index contributed by atoms with van der Waals surface area (Å²) >= 11 is 0. The maximum absolute atomic E-state index is 12.7. The Hall–Kier alpha value is -1.96. The van der Waals surface area contributed by atoms with E-state index < -0.39 is 0 Å². The molecule has 27 heavy (non-hydrogen) atoms. The van der Waals surface area contributed by atoms with Crippen molar-refractivity contribution in [3.63, 3.8) is 0 Å². The van der Waals surface area contributed by atoms with Crippen molar-refractivity contribution < 1.29 is 14.3 Å². The largest absolute Gasteiger partial charge is 0.383 e. The topological polar surface area (TPSA) is 65.1 Å². The molecule has 2 amide bonds. The highest BCUT2D eigenvalue weighted by Gasteiger charge is 2.24. The summed E-state index contributed by atoms with van der Waals surface area (Å²) in [6, 6.07) is 8.37. The lowest BCUT2D eigenvalue weighted by atomic mass is 10.00. The molecule has 1 saturated heterocycles. The standard InChI is InChI=1S/C20H30N4O3/c1-27-13-7-21-19(25)15-22-9-11-23(12-10-22)16-20(26)24-8-6-17-4-2-3-5-18(17)14-24/h2-5H,6-16H2,1H3,(H,21,25). The summed E-state index contributed by atoms with van der Waals surface area (Å²) in [7, 11) is 1.62. The van der Waals surface area contributed by atoms with E-state index in [1.54, 1.807) is 7.11 Å². The minimum absolute atomic E-state index is 0.0311. The molecule has 7 heteroatoms. The van der Waals surface area contributed by atoms with Crippen LogP contribution in [-0.2, 0) is 27.3 Å². The molecule has 1 aromatic rings. The van der Waals surface area contributed by atoms with E-state index in [9.17, 15) is 9.59 Å². The summed E-state index contributed by atoms with van der Waals surface area (Å²) in [5, 5.41) is 2.85. The van der Waals surface area contributed by atoms with Crippen LogP contribution < -0.4 is 5.32 Å². The Kier molecular flexibility index (Phi) is 7.20. The summed E-state index contributed by atoms with van der Waals surface area (Å²) in [6.07, 6.45) is 0.938. The minimum Gasteiger partial charge on any atom is -0.383 e. The number of carbonyl (C=O) groups is 2. The van der Waals surface area contributed by atoms with Gasteiger partial charge in [-0.3, -0.25) is 19.4 Å². The molecule has 2 aliphatic heterocycles. The van der Waals surface area contributed by atoms with Gasteiger partial charge in [-0.1, -0.05) is 24.3 Å². The van der Waals surface area contributed by atoms with Gasteiger partial charge in [-0.25, -0.2) is 0 Å². The first-order chi connectivity index (χ1) is 13.2. The highest BCUT2D eigenvalue weighted by Crippen LogP contribution is 2.18. The maximum Gasteiger partial charge on any atom is 0.237 e. The van der Waals surface area contributed by atoms with Crippen LogP contribution in [0.4, 0.5) is 0 Å². The lowest BCUT2D eigenvalue weighted by Crippen LogP contribution is -2.52. The second-order valence-electron chi connectivity index (χ2n) is 7.23. The SMILES string of the molecule is COCCNC(=O)CN1CCN(CC(=O)N2CCc3ccccc3C2)CC1. The molecule has 3 rings (SSSR count). The normalized spacial score (nSPS) is 18.2. The van der Waals surface area contributed by atoms with E-state index in [-0.39, 0.29) is 11.8 Å². The van der Waals surface area contributed by atoms with Crippen molar-refractivity contribution in [3.8, 4) is 0 Å². The first-order valence-corrected chi connectivity index (χ1v) is 9.70. The van der Waals surface area contributed by atoms with Crippen LogP contribution in [-0.4, -0.2) is 92.6 Å². The molecule has 0 aromatic heterocycles. The molecule has 1 fully saturated rings. The van der Waals surface area contributed by atoms with Crippen molar-refractivity contribution in [1.82, 2.24) is 20.0 Å². The van der Waals surface area contributed by atoms with Gasteiger partial charge in [0.2, 0.25) is 11.8 Å². The Labute approximate surface area is 161 Å². The highest BCUT2D eigenvalue weighted by atomic mass is 16.5. The fourth-order valence-corrected chi connectivity index (χ4v) is 3.66. The molecule has 1 N–H and O–H groups in total. The van der Waals surface area contributed by atoms with Crippen molar-refractivity contribution in [1.29, 1.82) is 0 Å². The molecule has 0 radical (unpaired) electrons. The molecule has 148 valence electrons. The number of nitrogens with one attached hydrogen (secondary N) is 1. The summed E-state index contributed by atoms with van der Waals surface area (Å²) in [5.41, 5.74) is 2.63. The number of hydrogen-bond acceptors (Lipinski definition) is 5. The first-order valence-electron chi connectivity index (χ1n) is 9.70. The van der Waals surface area contributed by atoms with Gasteiger partial charge in [0, 0.05) is 52.9 Å². The second kappa shape index (κ2) is 9.82. The average Bonchev–Trinajstić information content (AvgIpc) is 2.69. The zero-order valence-electron chi connectivity index (χ0n) is 16.2. The van der Waals surface area contributed by atoms with Crippen LogP contribution in [0, 0.1) is 0 Å². The van der Waals surface area contributed by atoms with Crippen molar-refractivity contribution in [2.24, 2.45) is 0 Å². The molecule has 0 bridgehead atoms. The zero-order valence-corrected chi connectivity index (χ0v) is 16.2. The number of hydrogen-bond donors (Lipinski definition) is 1. The number of piperazine rings is 1. The quantitative estimate of drug-likeness (QED) is 0.678. The van der Waals surface area contributed by atoms with Gasteiger partial charge in [-0.15, -0.1) is 0 Å². The summed E-state index contributed by atoms with van der Waals surface area (Å²) in [4.78, 5) is 30.9. The van der Waals surface area contributed by atoms with E-state index in [0.717, 1.165) is 45.7 Å². The minimum atomic E-state index is 0.0311. The average molecular weight is 374 g/mol. The molecule has 0 aliphatic carbocycles. The van der Waals surface area contributed by atoms with Crippen LogP contribution in [0.25, 0.3) is 0 Å². The number of methoxy groups -OCH3 is 1. The molecular weight excluding hydrogens is 344 g/mol. The third-order valence-electron chi connectivity index (χ3n) is 5.30. The maximum atomic E-state index is 12.7. The fourth-order valence-electron chi connectivity index (χ4n) is 3.66. The van der Waals surface area contributed by atoms with E-state index >= 15 is 0 Å². The molecule has 0 spiro atoms. The fraction of sp³-hybridized carbons (Fsp3) is 0.600. The zero-order chi connectivity index (χ0) is 19.1. The molecular formula is C20H30N4O3. The van der Waals surface area contributed by atoms with Gasteiger partial charge in [0.05, 0.1) is 19.7 Å². The Morgan fingerprint density at radius 1 is 1.00 bits per heavy atom. The smallest absolute Gasteiger partial charge is 0.237 e. The van der Waals surface area contributed by atoms with E-state index in [1.807, 2.05) is 11.0 Å². The number of nitrogens with zero attached hydrogens (tertiary/aromatic N) is 3. The van der Waals surface area contributed by atoms with E-state index in [2.05, 4.69) is 33.3 Å². The molecule has 0 atom stereocenters. The van der Waals surface area contributed by atoms with Crippen LogP contribution in [0.2, 0.25) is 0 Å². The number of benzene rings is 1. The van der Waals surface area contributed by atoms with Gasteiger partial charge >= 0.3 is 0 Å². The van der Waals surface area contributed by atoms with Gasteiger partial charge in [0.1, 0.15) is 0 Å². The van der Waals surface area contributed by atoms with Gasteiger partial charge in [0.15, 0.2) is 0 Å². The molecule has 0 saturated carbocycles. The lowest BCUT2D eigenvalue weighted by Gasteiger charge is -2.36. The monoisotopic (exact) mass is 374 g/mol. The van der Waals surface area contributed by atoms with Crippen LogP contribution in [0.15, 0.2) is 24.3 Å². The molecule has 2 aliphatic rings. The Balaban J connectivity index is 1.38. The number of amides is 2. The summed E-state index contributed by atoms with van der Waals surface area (Å²) in [6.45, 7) is 6.74. The Morgan fingerprint density at radius 2 is 1.67 bits per heavy atom. The third-order valence-corrected chi connectivity index (χ3v) is 5.30. The second-order valence-corrected chi connectivity index (χ2v) is 7.23. The Bertz CT molecular complexity index is 644. The number of ether oxygens (including phenoxy) is 1. The van der Waals surface area contributed by atoms with Gasteiger partial charge in [-0.05, 0) is 17.5 Å². The van der Waals surface area contributed by atoms with Gasteiger partial charge in [-0.2, -0.15) is 0 Å². The predicted molar refractivity (Wildman–Crippen MR) is 103 cm³/mol. The molecule has 2 heterocycles. The van der Waals surface area contributed by atoms with Crippen molar-refractivity contribution in [3.05, 3.63) is 35.4 Å². The number of carbonyl (C=O) groups excluding carboxylic acids is 2. The van der Waals surface area contributed by atoms with Crippen LogP contribution >= 0.6 is 0 Å². The van der Waals surface area contributed by atoms with Crippen molar-refractivity contribution >= 4 is 11.8 Å². The first kappa shape index (κ1) is 19.8. The van der Waals surface area contributed by atoms with Crippen LogP contribution in [0.3, 0.4) is 0 Å². The van der Waals surface area contributed by atoms with Crippen molar-refractivity contribution in [2.75, 3.05) is 66.1 Å². The van der Waals surface area contributed by atoms with Gasteiger partial charge < -0.3 is 15.0 Å². The number of fused-ring (bicyclic) bond motifs is 1. The Morgan fingerprint density at radius 3 is 2.37 bits per heavy atom. The van der Waals surface area contributed by atoms with Crippen molar-refractivity contribution in [2.45, 2.75) is 13.0 Å². The highest BCUT2D eigenvalue weighted by molar-refractivity contribution is 5.79. The molecule has 7 nitrogen and oxygen atoms in total. The summed E-state index contributed by atoms with van der Waals surface area (Å²) < 4.78 is 4.93. The predicted octanol–water partition coefficient (Wildman–Crippen LogP) is -0.0485. The van der Waals surface area contributed by atoms with E-state index in [0.29, 0.717) is 26.2 Å². The third kappa shape index (κ3) is 5.76.